The van der Waals surface area contributed by atoms with Gasteiger partial charge in [0.25, 0.3) is 0 Å². The predicted molar refractivity (Wildman–Crippen MR) is 48.3 cm³/mol. The monoisotopic (exact) mass is 167 g/mol. The van der Waals surface area contributed by atoms with Crippen LogP contribution >= 0.6 is 0 Å². The average molecular weight is 167 g/mol. The van der Waals surface area contributed by atoms with Crippen molar-refractivity contribution >= 4 is 0 Å². The van der Waals surface area contributed by atoms with E-state index in [1.807, 2.05) is 26.0 Å². The third-order valence-electron chi connectivity index (χ3n) is 1.53. The van der Waals surface area contributed by atoms with Gasteiger partial charge in [-0.25, -0.2) is 0 Å². The van der Waals surface area contributed by atoms with Gasteiger partial charge in [-0.1, -0.05) is 0 Å². The molecule has 0 bridgehead atoms. The van der Waals surface area contributed by atoms with Crippen molar-refractivity contribution in [2.75, 3.05) is 7.11 Å². The van der Waals surface area contributed by atoms with E-state index in [1.54, 1.807) is 7.11 Å². The maximum absolute atomic E-state index is 5.53. The zero-order chi connectivity index (χ0) is 8.97. The highest BCUT2D eigenvalue weighted by Gasteiger charge is 2.11. The number of hydrogen-bond donors (Lipinski definition) is 0. The van der Waals surface area contributed by atoms with Crippen LogP contribution in [0.5, 0.6) is 0 Å². The molecule has 0 N–H and O–H groups in total. The minimum atomic E-state index is 0.196. The van der Waals surface area contributed by atoms with E-state index in [2.05, 4.69) is 6.42 Å². The maximum Gasteiger partial charge on any atom is 0.157 e. The van der Waals surface area contributed by atoms with Gasteiger partial charge in [0.1, 0.15) is 0 Å². The molecule has 0 fully saturated rings. The summed E-state index contributed by atoms with van der Waals surface area (Å²) in [7, 11) is 1.66. The third-order valence-corrected chi connectivity index (χ3v) is 1.53. The van der Waals surface area contributed by atoms with Gasteiger partial charge in [0.15, 0.2) is 11.5 Å². The normalized spacial score (nSPS) is 17.0. The molecule has 12 heavy (non-hydrogen) atoms. The Morgan fingerprint density at radius 3 is 2.67 bits per heavy atom. The number of ether oxygens (including phenoxy) is 2. The molecule has 2 nitrogen and oxygen atoms in total. The Kier molecular flexibility index (Phi) is 3.20. The molecule has 0 unspecified atom stereocenters. The summed E-state index contributed by atoms with van der Waals surface area (Å²) in [6, 6.07) is 0. The summed E-state index contributed by atoms with van der Waals surface area (Å²) in [5.74, 6) is 1.67. The molecule has 0 aliphatic heterocycles. The zero-order valence-electron chi connectivity index (χ0n) is 7.83. The van der Waals surface area contributed by atoms with Crippen molar-refractivity contribution in [1.82, 2.24) is 0 Å². The first kappa shape index (κ1) is 9.17. The summed E-state index contributed by atoms with van der Waals surface area (Å²) in [5, 5.41) is 0. The van der Waals surface area contributed by atoms with Crippen LogP contribution in [0.2, 0.25) is 0 Å². The van der Waals surface area contributed by atoms with Crippen molar-refractivity contribution in [3.8, 4) is 0 Å². The molecule has 0 saturated carbocycles. The Morgan fingerprint density at radius 1 is 1.33 bits per heavy atom. The SMILES string of the molecule is COC1=CC[CH]C=C1OC(C)C. The molecule has 1 rings (SSSR count). The molecule has 1 aliphatic rings. The summed E-state index contributed by atoms with van der Waals surface area (Å²) in [6.07, 6.45) is 7.14. The van der Waals surface area contributed by atoms with E-state index >= 15 is 0 Å². The van der Waals surface area contributed by atoms with Crippen LogP contribution in [-0.2, 0) is 9.47 Å². The Hall–Kier alpha value is -0.920. The van der Waals surface area contributed by atoms with Crippen molar-refractivity contribution in [3.05, 3.63) is 30.1 Å². The van der Waals surface area contributed by atoms with Crippen molar-refractivity contribution < 1.29 is 9.47 Å². The van der Waals surface area contributed by atoms with E-state index in [1.165, 1.54) is 0 Å². The van der Waals surface area contributed by atoms with Crippen LogP contribution in [0.1, 0.15) is 20.3 Å². The Balaban J connectivity index is 2.61. The summed E-state index contributed by atoms with van der Waals surface area (Å²) in [4.78, 5) is 0. The molecule has 0 aromatic heterocycles. The fraction of sp³-hybridized carbons (Fsp3) is 0.500. The standard InChI is InChI=1S/C10H15O2/c1-8(2)12-10-7-5-4-6-9(10)11-3/h5-8H,4H2,1-3H3. The highest BCUT2D eigenvalue weighted by molar-refractivity contribution is 5.28. The molecule has 0 saturated heterocycles. The molecule has 2 heteroatoms. The maximum atomic E-state index is 5.53. The number of allylic oxidation sites excluding steroid dienone is 2. The van der Waals surface area contributed by atoms with Gasteiger partial charge in [-0.15, -0.1) is 0 Å². The second-order valence-corrected chi connectivity index (χ2v) is 2.94. The van der Waals surface area contributed by atoms with Gasteiger partial charge in [-0.05, 0) is 38.8 Å². The smallest absolute Gasteiger partial charge is 0.157 e. The van der Waals surface area contributed by atoms with Crippen molar-refractivity contribution in [2.24, 2.45) is 0 Å². The van der Waals surface area contributed by atoms with Crippen LogP contribution in [0.25, 0.3) is 0 Å². The number of hydrogen-bond acceptors (Lipinski definition) is 2. The third kappa shape index (κ3) is 2.29. The number of rotatable bonds is 3. The fourth-order valence-electron chi connectivity index (χ4n) is 1.07. The summed E-state index contributed by atoms with van der Waals surface area (Å²) >= 11 is 0. The molecule has 1 radical (unpaired) electrons. The van der Waals surface area contributed by atoms with Gasteiger partial charge < -0.3 is 9.47 Å². The predicted octanol–water partition coefficient (Wildman–Crippen LogP) is 2.43. The lowest BCUT2D eigenvalue weighted by atomic mass is 10.1. The Morgan fingerprint density at radius 2 is 2.08 bits per heavy atom. The quantitative estimate of drug-likeness (QED) is 0.642. The van der Waals surface area contributed by atoms with Crippen LogP contribution < -0.4 is 0 Å². The average Bonchev–Trinajstić information content (AvgIpc) is 2.04. The lowest BCUT2D eigenvalue weighted by molar-refractivity contribution is 0.126. The minimum Gasteiger partial charge on any atom is -0.493 e. The first-order chi connectivity index (χ1) is 5.74. The van der Waals surface area contributed by atoms with E-state index in [4.69, 9.17) is 9.47 Å². The van der Waals surface area contributed by atoms with Crippen LogP contribution in [0.3, 0.4) is 0 Å². The van der Waals surface area contributed by atoms with E-state index in [0.717, 1.165) is 17.9 Å². The molecule has 0 amide bonds. The van der Waals surface area contributed by atoms with Crippen LogP contribution in [0.4, 0.5) is 0 Å². The van der Waals surface area contributed by atoms with E-state index in [9.17, 15) is 0 Å². The van der Waals surface area contributed by atoms with Crippen molar-refractivity contribution in [1.29, 1.82) is 0 Å². The first-order valence-corrected chi connectivity index (χ1v) is 4.18. The van der Waals surface area contributed by atoms with Crippen LogP contribution in [0, 0.1) is 6.42 Å². The largest absolute Gasteiger partial charge is 0.493 e. The van der Waals surface area contributed by atoms with Gasteiger partial charge in [0.05, 0.1) is 13.2 Å². The lowest BCUT2D eigenvalue weighted by Gasteiger charge is -2.18. The summed E-state index contributed by atoms with van der Waals surface area (Å²) in [6.45, 7) is 4.01. The van der Waals surface area contributed by atoms with E-state index < -0.39 is 0 Å². The lowest BCUT2D eigenvalue weighted by Crippen LogP contribution is -2.07. The first-order valence-electron chi connectivity index (χ1n) is 4.18. The fourth-order valence-corrected chi connectivity index (χ4v) is 1.07. The van der Waals surface area contributed by atoms with Gasteiger partial charge in [-0.2, -0.15) is 0 Å². The molecular formula is C10H15O2. The van der Waals surface area contributed by atoms with Gasteiger partial charge in [0.2, 0.25) is 0 Å². The number of methoxy groups -OCH3 is 1. The van der Waals surface area contributed by atoms with E-state index in [0.29, 0.717) is 0 Å². The molecule has 67 valence electrons. The summed E-state index contributed by atoms with van der Waals surface area (Å²) < 4.78 is 10.7. The molecular weight excluding hydrogens is 152 g/mol. The van der Waals surface area contributed by atoms with Gasteiger partial charge in [0, 0.05) is 0 Å². The second kappa shape index (κ2) is 4.19. The van der Waals surface area contributed by atoms with Crippen molar-refractivity contribution in [2.45, 2.75) is 26.4 Å². The molecule has 0 atom stereocenters. The Labute approximate surface area is 73.9 Å². The Bertz CT molecular complexity index is 202. The second-order valence-electron chi connectivity index (χ2n) is 2.94. The molecule has 0 aromatic carbocycles. The minimum absolute atomic E-state index is 0.196. The summed E-state index contributed by atoms with van der Waals surface area (Å²) in [5.41, 5.74) is 0. The van der Waals surface area contributed by atoms with Crippen LogP contribution in [-0.4, -0.2) is 13.2 Å². The van der Waals surface area contributed by atoms with Gasteiger partial charge >= 0.3 is 0 Å². The van der Waals surface area contributed by atoms with Gasteiger partial charge in [-0.3, -0.25) is 0 Å². The highest BCUT2D eigenvalue weighted by Crippen LogP contribution is 2.20. The van der Waals surface area contributed by atoms with E-state index in [-0.39, 0.29) is 6.10 Å². The molecule has 1 aliphatic carbocycles. The molecule has 0 heterocycles. The molecule has 0 aromatic rings. The van der Waals surface area contributed by atoms with Crippen molar-refractivity contribution in [3.63, 3.8) is 0 Å². The highest BCUT2D eigenvalue weighted by atomic mass is 16.5. The zero-order valence-corrected chi connectivity index (χ0v) is 7.83. The molecule has 0 spiro atoms. The topological polar surface area (TPSA) is 18.5 Å². The van der Waals surface area contributed by atoms with Crippen LogP contribution in [0.15, 0.2) is 23.7 Å².